The van der Waals surface area contributed by atoms with Crippen molar-refractivity contribution in [3.63, 3.8) is 0 Å². The van der Waals surface area contributed by atoms with Gasteiger partial charge in [-0.1, -0.05) is 0 Å². The van der Waals surface area contributed by atoms with E-state index in [1.54, 1.807) is 0 Å². The highest BCUT2D eigenvalue weighted by Gasteiger charge is 2.21. The second kappa shape index (κ2) is 5.14. The van der Waals surface area contributed by atoms with Crippen LogP contribution in [-0.4, -0.2) is 56.5 Å². The molecule has 0 aliphatic heterocycles. The van der Waals surface area contributed by atoms with Crippen LogP contribution in [0.3, 0.4) is 0 Å². The Hall–Kier alpha value is -1.67. The van der Waals surface area contributed by atoms with Crippen LogP contribution in [0.4, 0.5) is 0 Å². The maximum Gasteiger partial charge on any atom is 0.319 e. The van der Waals surface area contributed by atoms with Crippen molar-refractivity contribution in [1.82, 2.24) is 10.2 Å². The molecular formula is C6H10N2O6. The van der Waals surface area contributed by atoms with Crippen LogP contribution in [0.5, 0.6) is 0 Å². The van der Waals surface area contributed by atoms with Crippen LogP contribution in [0.2, 0.25) is 0 Å². The Morgan fingerprint density at radius 3 is 1.64 bits per heavy atom. The van der Waals surface area contributed by atoms with Crippen molar-refractivity contribution in [2.75, 3.05) is 13.1 Å². The van der Waals surface area contributed by atoms with E-state index >= 15 is 0 Å². The average Bonchev–Trinajstić information content (AvgIpc) is 1.99. The molecule has 14 heavy (non-hydrogen) atoms. The lowest BCUT2D eigenvalue weighted by Crippen LogP contribution is -2.48. The quantitative estimate of drug-likeness (QED) is 0.374. The lowest BCUT2D eigenvalue weighted by atomic mass is 10.5. The van der Waals surface area contributed by atoms with Crippen molar-refractivity contribution in [3.8, 4) is 0 Å². The van der Waals surface area contributed by atoms with Gasteiger partial charge in [0.1, 0.15) is 13.1 Å². The van der Waals surface area contributed by atoms with Gasteiger partial charge in [-0.2, -0.15) is 5.01 Å². The maximum atomic E-state index is 10.6. The van der Waals surface area contributed by atoms with Crippen molar-refractivity contribution in [2.45, 2.75) is 6.92 Å². The minimum Gasteiger partial charge on any atom is -0.480 e. The second-order valence-corrected chi connectivity index (χ2v) is 2.42. The summed E-state index contributed by atoms with van der Waals surface area (Å²) in [4.78, 5) is 31.1. The van der Waals surface area contributed by atoms with Crippen molar-refractivity contribution in [2.24, 2.45) is 0 Å². The van der Waals surface area contributed by atoms with Gasteiger partial charge in [-0.15, -0.1) is 5.17 Å². The van der Waals surface area contributed by atoms with E-state index in [2.05, 4.69) is 0 Å². The molecule has 0 fully saturated rings. The Bertz CT molecular complexity index is 237. The van der Waals surface area contributed by atoms with Crippen LogP contribution in [0.15, 0.2) is 0 Å². The number of carboxylic acids is 2. The molecule has 0 rings (SSSR count). The number of amides is 1. The van der Waals surface area contributed by atoms with E-state index in [-0.39, 0.29) is 5.17 Å². The molecule has 8 nitrogen and oxygen atoms in total. The Balaban J connectivity index is 4.45. The molecule has 80 valence electrons. The second-order valence-electron chi connectivity index (χ2n) is 2.42. The Labute approximate surface area is 78.9 Å². The summed E-state index contributed by atoms with van der Waals surface area (Å²) in [5, 5.41) is 26.1. The van der Waals surface area contributed by atoms with Gasteiger partial charge in [-0.05, 0) is 0 Å². The van der Waals surface area contributed by atoms with Crippen molar-refractivity contribution >= 4 is 17.8 Å². The van der Waals surface area contributed by atoms with Gasteiger partial charge in [0, 0.05) is 6.92 Å². The summed E-state index contributed by atoms with van der Waals surface area (Å²) in [6.07, 6.45) is 0. The number of aliphatic carboxylic acids is 2. The monoisotopic (exact) mass is 206 g/mol. The van der Waals surface area contributed by atoms with Crippen LogP contribution in [0.25, 0.3) is 0 Å². The molecular weight excluding hydrogens is 196 g/mol. The topological polar surface area (TPSA) is 118 Å². The van der Waals surface area contributed by atoms with Gasteiger partial charge in [0.2, 0.25) is 0 Å². The molecule has 3 N–H and O–H groups in total. The summed E-state index contributed by atoms with van der Waals surface area (Å²) >= 11 is 0. The third-order valence-corrected chi connectivity index (χ3v) is 1.19. The van der Waals surface area contributed by atoms with Gasteiger partial charge in [0.25, 0.3) is 5.91 Å². The molecule has 0 heterocycles. The molecule has 8 heteroatoms. The molecule has 0 bridgehead atoms. The molecule has 0 aliphatic carbocycles. The minimum atomic E-state index is -1.36. The fraction of sp³-hybridized carbons (Fsp3) is 0.500. The van der Waals surface area contributed by atoms with E-state index in [1.165, 1.54) is 0 Å². The number of rotatable bonds is 5. The van der Waals surface area contributed by atoms with Gasteiger partial charge in [0.05, 0.1) is 0 Å². The number of hydrazine groups is 1. The zero-order chi connectivity index (χ0) is 11.3. The van der Waals surface area contributed by atoms with E-state index in [1.807, 2.05) is 0 Å². The highest BCUT2D eigenvalue weighted by atomic mass is 16.6. The fourth-order valence-electron chi connectivity index (χ4n) is 0.701. The molecule has 0 aliphatic rings. The number of nitrogens with zero attached hydrogens (tertiary/aromatic N) is 2. The van der Waals surface area contributed by atoms with Crippen LogP contribution < -0.4 is 0 Å². The van der Waals surface area contributed by atoms with Crippen molar-refractivity contribution < 1.29 is 29.8 Å². The molecule has 0 atom stereocenters. The Morgan fingerprint density at radius 1 is 1.07 bits per heavy atom. The minimum absolute atomic E-state index is 0.0394. The molecule has 0 aromatic carbocycles. The summed E-state index contributed by atoms with van der Waals surface area (Å²) in [6, 6.07) is 0. The molecule has 0 spiro atoms. The zero-order valence-electron chi connectivity index (χ0n) is 7.38. The highest BCUT2D eigenvalue weighted by molar-refractivity contribution is 5.75. The molecule has 0 aromatic rings. The van der Waals surface area contributed by atoms with E-state index in [0.717, 1.165) is 6.92 Å². The average molecular weight is 206 g/mol. The number of carbonyl (C=O) groups is 3. The number of carboxylic acid groups (broad SMARTS) is 2. The number of hydrogen-bond acceptors (Lipinski definition) is 5. The number of hydroxylamine groups is 1. The van der Waals surface area contributed by atoms with Crippen LogP contribution >= 0.6 is 0 Å². The van der Waals surface area contributed by atoms with E-state index in [0.29, 0.717) is 5.01 Å². The molecule has 1 amide bonds. The molecule has 0 saturated carbocycles. The first-order valence-electron chi connectivity index (χ1n) is 3.52. The molecule has 0 unspecified atom stereocenters. The SMILES string of the molecule is CC(=O)N(O)N(CC(=O)O)CC(=O)O. The third kappa shape index (κ3) is 4.38. The predicted octanol–water partition coefficient (Wildman–Crippen LogP) is -1.39. The predicted molar refractivity (Wildman–Crippen MR) is 41.2 cm³/mol. The fourth-order valence-corrected chi connectivity index (χ4v) is 0.701. The first-order chi connectivity index (χ1) is 6.34. The first kappa shape index (κ1) is 12.3. The van der Waals surface area contributed by atoms with Crippen LogP contribution in [0.1, 0.15) is 6.92 Å². The summed E-state index contributed by atoms with van der Waals surface area (Å²) < 4.78 is 0. The molecule has 0 aromatic heterocycles. The normalized spacial score (nSPS) is 9.93. The van der Waals surface area contributed by atoms with E-state index in [9.17, 15) is 14.4 Å². The number of carbonyl (C=O) groups excluding carboxylic acids is 1. The summed E-state index contributed by atoms with van der Waals surface area (Å²) in [7, 11) is 0. The van der Waals surface area contributed by atoms with Crippen LogP contribution in [0, 0.1) is 0 Å². The Morgan fingerprint density at radius 2 is 1.43 bits per heavy atom. The van der Waals surface area contributed by atoms with Crippen LogP contribution in [-0.2, 0) is 14.4 Å². The highest BCUT2D eigenvalue weighted by Crippen LogP contribution is 1.94. The Kier molecular flexibility index (Phi) is 4.53. The molecule has 0 saturated heterocycles. The largest absolute Gasteiger partial charge is 0.480 e. The maximum absolute atomic E-state index is 10.6. The lowest BCUT2D eigenvalue weighted by Gasteiger charge is -2.25. The zero-order valence-corrected chi connectivity index (χ0v) is 7.38. The standard InChI is InChI=1S/C6H10N2O6/c1-4(9)8(14)7(2-5(10)11)3-6(12)13/h14H,2-3H2,1H3,(H,10,11)(H,12,13). The van der Waals surface area contributed by atoms with Crippen molar-refractivity contribution in [1.29, 1.82) is 0 Å². The first-order valence-corrected chi connectivity index (χ1v) is 3.52. The van der Waals surface area contributed by atoms with E-state index in [4.69, 9.17) is 15.4 Å². The summed E-state index contributed by atoms with van der Waals surface area (Å²) in [5.74, 6) is -3.58. The van der Waals surface area contributed by atoms with Gasteiger partial charge >= 0.3 is 11.9 Å². The lowest BCUT2D eigenvalue weighted by molar-refractivity contribution is -0.237. The summed E-state index contributed by atoms with van der Waals surface area (Å²) in [5.41, 5.74) is 0. The summed E-state index contributed by atoms with van der Waals surface area (Å²) in [6.45, 7) is -0.582. The van der Waals surface area contributed by atoms with E-state index < -0.39 is 30.9 Å². The van der Waals surface area contributed by atoms with Gasteiger partial charge in [-0.3, -0.25) is 19.6 Å². The number of hydrogen-bond donors (Lipinski definition) is 3. The van der Waals surface area contributed by atoms with Gasteiger partial charge in [0.15, 0.2) is 0 Å². The van der Waals surface area contributed by atoms with Gasteiger partial charge in [-0.25, -0.2) is 0 Å². The smallest absolute Gasteiger partial charge is 0.319 e. The van der Waals surface area contributed by atoms with Crippen molar-refractivity contribution in [3.05, 3.63) is 0 Å². The van der Waals surface area contributed by atoms with Gasteiger partial charge < -0.3 is 10.2 Å². The third-order valence-electron chi connectivity index (χ3n) is 1.19. The molecule has 0 radical (unpaired) electrons.